The van der Waals surface area contributed by atoms with Crippen LogP contribution in [0.25, 0.3) is 0 Å². The SMILES string of the molecule is O=S(=O)(NC1C2CCOC2C12CCCC2)C1CC1c1ccccc1. The Kier molecular flexibility index (Phi) is 3.39. The minimum Gasteiger partial charge on any atom is -0.377 e. The van der Waals surface area contributed by atoms with E-state index < -0.39 is 10.0 Å². The van der Waals surface area contributed by atoms with Gasteiger partial charge in [-0.1, -0.05) is 43.2 Å². The zero-order chi connectivity index (χ0) is 16.4. The normalized spacial score (nSPS) is 39.6. The molecule has 4 nitrogen and oxygen atoms in total. The molecule has 5 heteroatoms. The summed E-state index contributed by atoms with van der Waals surface area (Å²) in [6.07, 6.45) is 6.72. The Balaban J connectivity index is 1.34. The van der Waals surface area contributed by atoms with Gasteiger partial charge in [-0.3, -0.25) is 0 Å². The topological polar surface area (TPSA) is 55.4 Å². The Bertz CT molecular complexity index is 726. The highest BCUT2D eigenvalue weighted by atomic mass is 32.2. The van der Waals surface area contributed by atoms with E-state index >= 15 is 0 Å². The molecule has 0 radical (unpaired) electrons. The number of benzene rings is 1. The van der Waals surface area contributed by atoms with Crippen LogP contribution in [0.15, 0.2) is 30.3 Å². The summed E-state index contributed by atoms with van der Waals surface area (Å²) in [5, 5.41) is -0.250. The van der Waals surface area contributed by atoms with Gasteiger partial charge in [-0.2, -0.15) is 0 Å². The van der Waals surface area contributed by atoms with E-state index in [0.29, 0.717) is 12.0 Å². The summed E-state index contributed by atoms with van der Waals surface area (Å²) in [7, 11) is -3.25. The molecule has 4 fully saturated rings. The molecule has 0 bridgehead atoms. The lowest BCUT2D eigenvalue weighted by atomic mass is 9.55. The second-order valence-corrected chi connectivity index (χ2v) is 10.0. The molecule has 5 atom stereocenters. The van der Waals surface area contributed by atoms with Crippen LogP contribution in [0.1, 0.15) is 50.0 Å². The molecule has 5 rings (SSSR count). The van der Waals surface area contributed by atoms with Crippen LogP contribution in [0.3, 0.4) is 0 Å². The predicted molar refractivity (Wildman–Crippen MR) is 92.2 cm³/mol. The van der Waals surface area contributed by atoms with E-state index in [2.05, 4.69) is 4.72 Å². The molecule has 4 aliphatic rings. The van der Waals surface area contributed by atoms with Crippen LogP contribution in [-0.2, 0) is 14.8 Å². The summed E-state index contributed by atoms with van der Waals surface area (Å²) in [5.74, 6) is 0.561. The third-order valence-electron chi connectivity index (χ3n) is 6.94. The summed E-state index contributed by atoms with van der Waals surface area (Å²) in [5.41, 5.74) is 1.24. The lowest BCUT2D eigenvalue weighted by Gasteiger charge is -2.56. The Morgan fingerprint density at radius 3 is 2.62 bits per heavy atom. The smallest absolute Gasteiger partial charge is 0.215 e. The zero-order valence-corrected chi connectivity index (χ0v) is 14.7. The molecule has 1 N–H and O–H groups in total. The van der Waals surface area contributed by atoms with Crippen molar-refractivity contribution in [1.82, 2.24) is 4.72 Å². The van der Waals surface area contributed by atoms with Crippen molar-refractivity contribution in [2.45, 2.75) is 61.8 Å². The molecule has 130 valence electrons. The first-order valence-electron chi connectivity index (χ1n) is 9.29. The van der Waals surface area contributed by atoms with Crippen molar-refractivity contribution in [2.75, 3.05) is 6.61 Å². The summed E-state index contributed by atoms with van der Waals surface area (Å²) < 4.78 is 35.0. The van der Waals surface area contributed by atoms with Gasteiger partial charge in [-0.25, -0.2) is 13.1 Å². The Morgan fingerprint density at radius 2 is 1.88 bits per heavy atom. The standard InChI is InChI=1S/C19H25NO3S/c21-24(22,16-12-15(16)13-6-2-1-3-7-13)20-17-14-8-11-23-18(14)19(17)9-4-5-10-19/h1-3,6-7,14-18,20H,4-5,8-12H2. The maximum Gasteiger partial charge on any atom is 0.215 e. The van der Waals surface area contributed by atoms with Gasteiger partial charge in [-0.05, 0) is 31.2 Å². The number of hydrogen-bond donors (Lipinski definition) is 1. The molecule has 1 spiro atoms. The molecule has 3 aliphatic carbocycles. The number of sulfonamides is 1. The molecule has 0 amide bonds. The van der Waals surface area contributed by atoms with Crippen molar-refractivity contribution in [1.29, 1.82) is 0 Å². The second kappa shape index (κ2) is 5.29. The summed E-state index contributed by atoms with van der Waals surface area (Å²) >= 11 is 0. The van der Waals surface area contributed by atoms with Gasteiger partial charge in [-0.15, -0.1) is 0 Å². The van der Waals surface area contributed by atoms with E-state index in [1.165, 1.54) is 12.8 Å². The first-order chi connectivity index (χ1) is 11.6. The van der Waals surface area contributed by atoms with Gasteiger partial charge >= 0.3 is 0 Å². The molecule has 1 aromatic carbocycles. The van der Waals surface area contributed by atoms with Crippen LogP contribution in [0.4, 0.5) is 0 Å². The van der Waals surface area contributed by atoms with Gasteiger partial charge in [0.2, 0.25) is 10.0 Å². The average Bonchev–Trinajstić information content (AvgIpc) is 3.04. The fourth-order valence-corrected chi connectivity index (χ4v) is 7.68. The fourth-order valence-electron chi connectivity index (χ4n) is 5.69. The monoisotopic (exact) mass is 347 g/mol. The molecule has 1 saturated heterocycles. The Hall–Kier alpha value is -0.910. The Morgan fingerprint density at radius 1 is 1.12 bits per heavy atom. The zero-order valence-electron chi connectivity index (χ0n) is 13.9. The number of hydrogen-bond acceptors (Lipinski definition) is 3. The largest absolute Gasteiger partial charge is 0.377 e. The quantitative estimate of drug-likeness (QED) is 0.911. The van der Waals surface area contributed by atoms with Gasteiger partial charge in [0.1, 0.15) is 0 Å². The molecule has 1 heterocycles. The summed E-state index contributed by atoms with van der Waals surface area (Å²) in [4.78, 5) is 0. The van der Waals surface area contributed by atoms with Crippen LogP contribution in [0.5, 0.6) is 0 Å². The van der Waals surface area contributed by atoms with Crippen LogP contribution < -0.4 is 4.72 Å². The van der Waals surface area contributed by atoms with Gasteiger partial charge in [0.15, 0.2) is 0 Å². The first-order valence-corrected chi connectivity index (χ1v) is 10.8. The van der Waals surface area contributed by atoms with Crippen LogP contribution in [-0.4, -0.2) is 32.4 Å². The molecule has 24 heavy (non-hydrogen) atoms. The van der Waals surface area contributed by atoms with Crippen LogP contribution in [0, 0.1) is 11.3 Å². The van der Waals surface area contributed by atoms with Gasteiger partial charge in [0.25, 0.3) is 0 Å². The van der Waals surface area contributed by atoms with E-state index in [1.54, 1.807) is 0 Å². The second-order valence-electron chi connectivity index (χ2n) is 8.12. The minimum atomic E-state index is -3.25. The highest BCUT2D eigenvalue weighted by molar-refractivity contribution is 7.90. The van der Waals surface area contributed by atoms with Crippen molar-refractivity contribution < 1.29 is 13.2 Å². The van der Waals surface area contributed by atoms with E-state index in [1.807, 2.05) is 30.3 Å². The number of fused-ring (bicyclic) bond motifs is 2. The molecule has 1 aromatic rings. The lowest BCUT2D eigenvalue weighted by molar-refractivity contribution is -0.123. The fraction of sp³-hybridized carbons (Fsp3) is 0.684. The van der Waals surface area contributed by atoms with E-state index in [0.717, 1.165) is 37.9 Å². The average molecular weight is 347 g/mol. The summed E-state index contributed by atoms with van der Waals surface area (Å²) in [6.45, 7) is 0.797. The van der Waals surface area contributed by atoms with Crippen molar-refractivity contribution in [3.05, 3.63) is 35.9 Å². The minimum absolute atomic E-state index is 0.0887. The first kappa shape index (κ1) is 15.4. The van der Waals surface area contributed by atoms with Crippen molar-refractivity contribution in [3.8, 4) is 0 Å². The molecule has 5 unspecified atom stereocenters. The predicted octanol–water partition coefficient (Wildman–Crippen LogP) is 2.81. The van der Waals surface area contributed by atoms with Gasteiger partial charge < -0.3 is 4.74 Å². The maximum atomic E-state index is 13.0. The Labute approximate surface area is 144 Å². The van der Waals surface area contributed by atoms with Crippen LogP contribution in [0.2, 0.25) is 0 Å². The molecular weight excluding hydrogens is 322 g/mol. The number of nitrogens with one attached hydrogen (secondary N) is 1. The van der Waals surface area contributed by atoms with E-state index in [9.17, 15) is 8.42 Å². The van der Waals surface area contributed by atoms with Gasteiger partial charge in [0, 0.05) is 29.9 Å². The molecule has 3 saturated carbocycles. The maximum absolute atomic E-state index is 13.0. The number of rotatable bonds is 4. The summed E-state index contributed by atoms with van der Waals surface area (Å²) in [6, 6.07) is 10.2. The molecular formula is C19H25NO3S. The van der Waals surface area contributed by atoms with E-state index in [4.69, 9.17) is 4.74 Å². The third-order valence-corrected chi connectivity index (χ3v) is 8.84. The van der Waals surface area contributed by atoms with Crippen molar-refractivity contribution >= 4 is 10.0 Å². The lowest BCUT2D eigenvalue weighted by Crippen LogP contribution is -2.68. The van der Waals surface area contributed by atoms with Crippen LogP contribution >= 0.6 is 0 Å². The highest BCUT2D eigenvalue weighted by Crippen LogP contribution is 2.61. The highest BCUT2D eigenvalue weighted by Gasteiger charge is 2.66. The van der Waals surface area contributed by atoms with Gasteiger partial charge in [0.05, 0.1) is 11.4 Å². The number of ether oxygens (including phenoxy) is 1. The van der Waals surface area contributed by atoms with Crippen molar-refractivity contribution in [3.63, 3.8) is 0 Å². The van der Waals surface area contributed by atoms with Crippen molar-refractivity contribution in [2.24, 2.45) is 11.3 Å². The molecule has 0 aromatic heterocycles. The van der Waals surface area contributed by atoms with E-state index in [-0.39, 0.29) is 22.6 Å². The third kappa shape index (κ3) is 2.14. The molecule has 1 aliphatic heterocycles.